The van der Waals surface area contributed by atoms with E-state index in [1.54, 1.807) is 4.52 Å². The predicted molar refractivity (Wildman–Crippen MR) is 91.0 cm³/mol. The number of carbonyl (C=O) groups excluding carboxylic acids is 1. The lowest BCUT2D eigenvalue weighted by Crippen LogP contribution is -2.35. The third-order valence-corrected chi connectivity index (χ3v) is 5.68. The minimum atomic E-state index is -0.460. The molecule has 22 heavy (non-hydrogen) atoms. The second-order valence-corrected chi connectivity index (χ2v) is 7.70. The maximum atomic E-state index is 11.8. The van der Waals surface area contributed by atoms with Crippen LogP contribution >= 0.6 is 15.9 Å². The number of hydrogen-bond donors (Lipinski definition) is 2. The molecule has 1 aliphatic rings. The fraction of sp³-hybridized carbons (Fsp3) is 0.500. The van der Waals surface area contributed by atoms with Crippen molar-refractivity contribution >= 4 is 33.0 Å². The zero-order valence-electron chi connectivity index (χ0n) is 13.1. The summed E-state index contributed by atoms with van der Waals surface area (Å²) >= 11 is 3.46. The van der Waals surface area contributed by atoms with Crippen LogP contribution in [0.2, 0.25) is 0 Å². The number of hydrogen-bond acceptors (Lipinski definition) is 3. The minimum Gasteiger partial charge on any atom is -0.379 e. The summed E-state index contributed by atoms with van der Waals surface area (Å²) in [5.74, 6) is 0.178. The Morgan fingerprint density at radius 2 is 2.23 bits per heavy atom. The summed E-state index contributed by atoms with van der Waals surface area (Å²) in [7, 11) is 0. The van der Waals surface area contributed by atoms with Gasteiger partial charge in [0.05, 0.1) is 23.0 Å². The predicted octanol–water partition coefficient (Wildman–Crippen LogP) is 3.43. The fourth-order valence-electron chi connectivity index (χ4n) is 3.30. The van der Waals surface area contributed by atoms with Gasteiger partial charge in [-0.2, -0.15) is 5.10 Å². The number of rotatable bonds is 3. The Labute approximate surface area is 138 Å². The van der Waals surface area contributed by atoms with Crippen molar-refractivity contribution in [2.75, 3.05) is 5.32 Å². The van der Waals surface area contributed by atoms with Gasteiger partial charge in [-0.05, 0) is 46.2 Å². The molecule has 3 N–H and O–H groups in total. The number of nitrogens with one attached hydrogen (secondary N) is 1. The molecule has 3 rings (SSSR count). The Balaban J connectivity index is 2.08. The summed E-state index contributed by atoms with van der Waals surface area (Å²) in [4.78, 5) is 11.8. The van der Waals surface area contributed by atoms with Gasteiger partial charge in [0.1, 0.15) is 0 Å². The van der Waals surface area contributed by atoms with Gasteiger partial charge in [0.25, 0.3) is 5.91 Å². The molecular weight excluding hydrogens is 344 g/mol. The first-order chi connectivity index (χ1) is 10.3. The molecule has 5 nitrogen and oxygen atoms in total. The Bertz CT molecular complexity index is 737. The summed E-state index contributed by atoms with van der Waals surface area (Å²) in [6, 6.07) is 2.26. The highest BCUT2D eigenvalue weighted by Gasteiger charge is 2.41. The van der Waals surface area contributed by atoms with Gasteiger partial charge in [-0.25, -0.2) is 4.52 Å². The first-order valence-electron chi connectivity index (χ1n) is 7.54. The number of halogens is 1. The van der Waals surface area contributed by atoms with Gasteiger partial charge in [0.2, 0.25) is 0 Å². The molecule has 2 aromatic heterocycles. The summed E-state index contributed by atoms with van der Waals surface area (Å²) in [5, 5.41) is 7.84. The molecule has 0 bridgehead atoms. The maximum Gasteiger partial charge on any atom is 0.252 e. The third-order valence-electron chi connectivity index (χ3n) is 5.24. The van der Waals surface area contributed by atoms with Crippen molar-refractivity contribution in [3.05, 3.63) is 28.5 Å². The quantitative estimate of drug-likeness (QED) is 0.875. The molecule has 1 aliphatic carbocycles. The highest BCUT2D eigenvalue weighted by molar-refractivity contribution is 9.10. The molecule has 0 aliphatic heterocycles. The summed E-state index contributed by atoms with van der Waals surface area (Å²) in [6.07, 6.45) is 5.68. The van der Waals surface area contributed by atoms with Crippen LogP contribution in [0.1, 0.15) is 44.0 Å². The molecule has 2 aromatic rings. The largest absolute Gasteiger partial charge is 0.379 e. The van der Waals surface area contributed by atoms with Crippen LogP contribution in [0.25, 0.3) is 5.52 Å². The number of aromatic nitrogens is 2. The zero-order valence-corrected chi connectivity index (χ0v) is 14.6. The van der Waals surface area contributed by atoms with Crippen LogP contribution in [-0.4, -0.2) is 21.6 Å². The van der Waals surface area contributed by atoms with E-state index in [1.807, 2.05) is 12.3 Å². The van der Waals surface area contributed by atoms with E-state index in [0.29, 0.717) is 17.5 Å². The summed E-state index contributed by atoms with van der Waals surface area (Å²) < 4.78 is 2.67. The molecule has 6 heteroatoms. The standard InChI is InChI=1S/C16H21BrN4O/c1-9-4-5-13(16(9,2)3)20-14-11(15(18)22)7-19-21-8-10(17)6-12(14)21/h6-9,13,20H,4-5H2,1-3H3,(H2,18,22)/t9?,13-/m1/s1. The highest BCUT2D eigenvalue weighted by atomic mass is 79.9. The Morgan fingerprint density at radius 3 is 2.82 bits per heavy atom. The van der Waals surface area contributed by atoms with E-state index in [2.05, 4.69) is 47.1 Å². The van der Waals surface area contributed by atoms with Crippen LogP contribution in [0.15, 0.2) is 22.9 Å². The van der Waals surface area contributed by atoms with Gasteiger partial charge in [-0.3, -0.25) is 4.79 Å². The average Bonchev–Trinajstić information content (AvgIpc) is 2.92. The topological polar surface area (TPSA) is 72.4 Å². The highest BCUT2D eigenvalue weighted by Crippen LogP contribution is 2.44. The van der Waals surface area contributed by atoms with Crippen LogP contribution in [0.4, 0.5) is 5.69 Å². The van der Waals surface area contributed by atoms with Crippen molar-refractivity contribution in [1.82, 2.24) is 9.61 Å². The molecule has 2 heterocycles. The van der Waals surface area contributed by atoms with Gasteiger partial charge in [0, 0.05) is 16.7 Å². The average molecular weight is 365 g/mol. The lowest BCUT2D eigenvalue weighted by Gasteiger charge is -2.33. The molecule has 1 amide bonds. The van der Waals surface area contributed by atoms with E-state index in [4.69, 9.17) is 5.73 Å². The minimum absolute atomic E-state index is 0.166. The normalized spacial score (nSPS) is 23.8. The van der Waals surface area contributed by atoms with Gasteiger partial charge in [0.15, 0.2) is 0 Å². The van der Waals surface area contributed by atoms with Crippen molar-refractivity contribution in [3.63, 3.8) is 0 Å². The van der Waals surface area contributed by atoms with Crippen molar-refractivity contribution in [2.24, 2.45) is 17.1 Å². The molecular formula is C16H21BrN4O. The summed E-state index contributed by atoms with van der Waals surface area (Å²) in [5.41, 5.74) is 7.78. The first kappa shape index (κ1) is 15.3. The van der Waals surface area contributed by atoms with Crippen molar-refractivity contribution < 1.29 is 4.79 Å². The Morgan fingerprint density at radius 1 is 1.50 bits per heavy atom. The van der Waals surface area contributed by atoms with E-state index in [-0.39, 0.29) is 5.41 Å². The van der Waals surface area contributed by atoms with E-state index in [0.717, 1.165) is 22.1 Å². The molecule has 0 radical (unpaired) electrons. The smallest absolute Gasteiger partial charge is 0.252 e. The molecule has 1 unspecified atom stereocenters. The van der Waals surface area contributed by atoms with Crippen molar-refractivity contribution in [1.29, 1.82) is 0 Å². The number of carbonyl (C=O) groups is 1. The number of primary amides is 1. The molecule has 0 spiro atoms. The monoisotopic (exact) mass is 364 g/mol. The Kier molecular flexibility index (Phi) is 3.67. The Hall–Kier alpha value is -1.56. The van der Waals surface area contributed by atoms with Gasteiger partial charge in [-0.15, -0.1) is 0 Å². The molecule has 2 atom stereocenters. The fourth-order valence-corrected chi connectivity index (χ4v) is 3.71. The first-order valence-corrected chi connectivity index (χ1v) is 8.33. The second-order valence-electron chi connectivity index (χ2n) is 6.78. The van der Waals surface area contributed by atoms with E-state index in [9.17, 15) is 4.79 Å². The van der Waals surface area contributed by atoms with Crippen molar-refractivity contribution in [3.8, 4) is 0 Å². The van der Waals surface area contributed by atoms with E-state index < -0.39 is 5.91 Å². The zero-order chi connectivity index (χ0) is 16.1. The number of nitrogens with zero attached hydrogens (tertiary/aromatic N) is 2. The van der Waals surface area contributed by atoms with E-state index in [1.165, 1.54) is 12.6 Å². The molecule has 1 fully saturated rings. The lowest BCUT2D eigenvalue weighted by molar-refractivity contribution is 0.100. The van der Waals surface area contributed by atoms with Gasteiger partial charge >= 0.3 is 0 Å². The molecule has 118 valence electrons. The molecule has 0 saturated heterocycles. The van der Waals surface area contributed by atoms with Gasteiger partial charge in [-0.1, -0.05) is 20.8 Å². The van der Waals surface area contributed by atoms with Crippen LogP contribution in [-0.2, 0) is 0 Å². The van der Waals surface area contributed by atoms with Crippen LogP contribution in [0, 0.1) is 11.3 Å². The number of fused-ring (bicyclic) bond motifs is 1. The second kappa shape index (κ2) is 5.26. The lowest BCUT2D eigenvalue weighted by atomic mass is 9.80. The van der Waals surface area contributed by atoms with Crippen LogP contribution in [0.3, 0.4) is 0 Å². The van der Waals surface area contributed by atoms with Crippen LogP contribution in [0.5, 0.6) is 0 Å². The third kappa shape index (κ3) is 2.39. The van der Waals surface area contributed by atoms with E-state index >= 15 is 0 Å². The number of nitrogens with two attached hydrogens (primary N) is 1. The SMILES string of the molecule is CC1CC[C@@H](Nc2c(C(N)=O)cnn3cc(Br)cc23)C1(C)C. The number of amides is 1. The van der Waals surface area contributed by atoms with Crippen LogP contribution < -0.4 is 11.1 Å². The summed E-state index contributed by atoms with van der Waals surface area (Å²) in [6.45, 7) is 6.84. The number of anilines is 1. The van der Waals surface area contributed by atoms with Crippen molar-refractivity contribution in [2.45, 2.75) is 39.7 Å². The van der Waals surface area contributed by atoms with Gasteiger partial charge < -0.3 is 11.1 Å². The molecule has 1 saturated carbocycles. The maximum absolute atomic E-state index is 11.8. The molecule has 0 aromatic carbocycles.